The van der Waals surface area contributed by atoms with E-state index in [1.54, 1.807) is 0 Å². The van der Waals surface area contributed by atoms with E-state index in [1.165, 1.54) is 23.1 Å². The highest BCUT2D eigenvalue weighted by atomic mass is 16.5. The number of fused-ring (bicyclic) bond motifs is 1. The van der Waals surface area contributed by atoms with Gasteiger partial charge in [-0.05, 0) is 55.3 Å². The average molecular weight is 309 g/mol. The minimum atomic E-state index is 0.493. The van der Waals surface area contributed by atoms with E-state index in [2.05, 4.69) is 67.3 Å². The third-order valence-corrected chi connectivity index (χ3v) is 5.04. The number of benzene rings is 2. The zero-order chi connectivity index (χ0) is 16.2. The maximum Gasteiger partial charge on any atom is 0.119 e. The summed E-state index contributed by atoms with van der Waals surface area (Å²) in [5.74, 6) is 1.45. The summed E-state index contributed by atoms with van der Waals surface area (Å²) in [6, 6.07) is 18.2. The van der Waals surface area contributed by atoms with Crippen molar-refractivity contribution in [3.05, 3.63) is 65.2 Å². The maximum atomic E-state index is 5.58. The Balaban J connectivity index is 1.91. The van der Waals surface area contributed by atoms with Crippen LogP contribution in [0.15, 0.2) is 48.5 Å². The molecule has 0 heterocycles. The predicted molar refractivity (Wildman–Crippen MR) is 96.2 cm³/mol. The van der Waals surface area contributed by atoms with E-state index in [9.17, 15) is 0 Å². The number of ether oxygens (including phenoxy) is 1. The van der Waals surface area contributed by atoms with Gasteiger partial charge in [-0.15, -0.1) is 0 Å². The first kappa shape index (κ1) is 16.1. The van der Waals surface area contributed by atoms with Gasteiger partial charge in [0, 0.05) is 12.0 Å². The summed E-state index contributed by atoms with van der Waals surface area (Å²) < 4.78 is 5.58. The molecule has 0 radical (unpaired) electrons. The van der Waals surface area contributed by atoms with Gasteiger partial charge >= 0.3 is 0 Å². The number of rotatable bonds is 6. The Hall–Kier alpha value is -1.80. The Kier molecular flexibility index (Phi) is 5.02. The SMILES string of the molecule is CCOc1ccc(C2CC(N(CC)CC)c3ccccc32)cc1. The summed E-state index contributed by atoms with van der Waals surface area (Å²) in [5, 5.41) is 0. The summed E-state index contributed by atoms with van der Waals surface area (Å²) in [4.78, 5) is 2.58. The lowest BCUT2D eigenvalue weighted by atomic mass is 9.93. The van der Waals surface area contributed by atoms with Crippen LogP contribution in [0, 0.1) is 0 Å². The first-order valence-electron chi connectivity index (χ1n) is 8.84. The summed E-state index contributed by atoms with van der Waals surface area (Å²) in [5.41, 5.74) is 4.40. The topological polar surface area (TPSA) is 12.5 Å². The van der Waals surface area contributed by atoms with E-state index in [4.69, 9.17) is 4.74 Å². The Morgan fingerprint density at radius 3 is 2.17 bits per heavy atom. The average Bonchev–Trinajstić information content (AvgIpc) is 2.97. The second-order valence-electron chi connectivity index (χ2n) is 6.16. The minimum Gasteiger partial charge on any atom is -0.494 e. The van der Waals surface area contributed by atoms with E-state index in [1.807, 2.05) is 6.92 Å². The molecular formula is C21H27NO. The molecule has 1 aliphatic carbocycles. The normalized spacial score (nSPS) is 19.8. The van der Waals surface area contributed by atoms with E-state index >= 15 is 0 Å². The van der Waals surface area contributed by atoms with Crippen molar-refractivity contribution in [1.29, 1.82) is 0 Å². The van der Waals surface area contributed by atoms with Crippen LogP contribution in [-0.2, 0) is 0 Å². The summed E-state index contributed by atoms with van der Waals surface area (Å²) in [6.07, 6.45) is 1.18. The van der Waals surface area contributed by atoms with Gasteiger partial charge in [-0.25, -0.2) is 0 Å². The molecule has 2 aromatic rings. The van der Waals surface area contributed by atoms with Gasteiger partial charge in [-0.3, -0.25) is 4.90 Å². The van der Waals surface area contributed by atoms with E-state index in [0.29, 0.717) is 12.0 Å². The monoisotopic (exact) mass is 309 g/mol. The van der Waals surface area contributed by atoms with E-state index in [-0.39, 0.29) is 0 Å². The molecule has 1 aliphatic rings. The van der Waals surface area contributed by atoms with Crippen molar-refractivity contribution < 1.29 is 4.74 Å². The van der Waals surface area contributed by atoms with Crippen molar-refractivity contribution >= 4 is 0 Å². The minimum absolute atomic E-state index is 0.493. The van der Waals surface area contributed by atoms with E-state index < -0.39 is 0 Å². The van der Waals surface area contributed by atoms with Crippen molar-refractivity contribution in [1.82, 2.24) is 4.90 Å². The number of hydrogen-bond donors (Lipinski definition) is 0. The number of hydrogen-bond acceptors (Lipinski definition) is 2. The molecular weight excluding hydrogens is 282 g/mol. The molecule has 23 heavy (non-hydrogen) atoms. The highest BCUT2D eigenvalue weighted by Crippen LogP contribution is 2.46. The maximum absolute atomic E-state index is 5.58. The molecule has 2 heteroatoms. The Morgan fingerprint density at radius 1 is 0.913 bits per heavy atom. The highest BCUT2D eigenvalue weighted by Gasteiger charge is 2.34. The molecule has 0 fully saturated rings. The van der Waals surface area contributed by atoms with Gasteiger partial charge in [0.1, 0.15) is 5.75 Å². The molecule has 122 valence electrons. The van der Waals surface area contributed by atoms with Gasteiger partial charge in [-0.2, -0.15) is 0 Å². The lowest BCUT2D eigenvalue weighted by Crippen LogP contribution is -2.27. The van der Waals surface area contributed by atoms with Crippen LogP contribution < -0.4 is 4.74 Å². The molecule has 2 unspecified atom stereocenters. The summed E-state index contributed by atoms with van der Waals surface area (Å²) >= 11 is 0. The van der Waals surface area contributed by atoms with Gasteiger partial charge in [0.05, 0.1) is 6.61 Å². The van der Waals surface area contributed by atoms with Gasteiger partial charge in [0.25, 0.3) is 0 Å². The van der Waals surface area contributed by atoms with Crippen molar-refractivity contribution in [3.8, 4) is 5.75 Å². The Bertz CT molecular complexity index is 631. The van der Waals surface area contributed by atoms with Crippen LogP contribution >= 0.6 is 0 Å². The van der Waals surface area contributed by atoms with Crippen LogP contribution in [0.4, 0.5) is 0 Å². The molecule has 0 amide bonds. The van der Waals surface area contributed by atoms with Crippen molar-refractivity contribution in [2.24, 2.45) is 0 Å². The fraction of sp³-hybridized carbons (Fsp3) is 0.429. The largest absolute Gasteiger partial charge is 0.494 e. The van der Waals surface area contributed by atoms with Crippen LogP contribution in [-0.4, -0.2) is 24.6 Å². The third-order valence-electron chi connectivity index (χ3n) is 5.04. The number of nitrogens with zero attached hydrogens (tertiary/aromatic N) is 1. The van der Waals surface area contributed by atoms with Gasteiger partial charge < -0.3 is 4.74 Å². The fourth-order valence-corrected chi connectivity index (χ4v) is 3.90. The zero-order valence-corrected chi connectivity index (χ0v) is 14.5. The predicted octanol–water partition coefficient (Wildman–Crippen LogP) is 5.00. The summed E-state index contributed by atoms with van der Waals surface area (Å²) in [7, 11) is 0. The molecule has 0 aromatic heterocycles. The first-order valence-corrected chi connectivity index (χ1v) is 8.84. The Morgan fingerprint density at radius 2 is 1.57 bits per heavy atom. The molecule has 0 bridgehead atoms. The first-order chi connectivity index (χ1) is 11.3. The van der Waals surface area contributed by atoms with E-state index in [0.717, 1.165) is 25.4 Å². The molecule has 2 aromatic carbocycles. The van der Waals surface area contributed by atoms with Crippen LogP contribution in [0.2, 0.25) is 0 Å². The molecule has 0 N–H and O–H groups in total. The van der Waals surface area contributed by atoms with Gasteiger partial charge in [-0.1, -0.05) is 50.2 Å². The van der Waals surface area contributed by atoms with Crippen molar-refractivity contribution in [2.45, 2.75) is 39.2 Å². The lowest BCUT2D eigenvalue weighted by molar-refractivity contribution is 0.215. The zero-order valence-electron chi connectivity index (χ0n) is 14.5. The molecule has 2 atom stereocenters. The van der Waals surface area contributed by atoms with Crippen molar-refractivity contribution in [3.63, 3.8) is 0 Å². The quantitative estimate of drug-likeness (QED) is 0.744. The van der Waals surface area contributed by atoms with Crippen LogP contribution in [0.25, 0.3) is 0 Å². The second kappa shape index (κ2) is 7.18. The standard InChI is InChI=1S/C21H27NO/c1-4-22(5-2)21-15-20(18-9-7-8-10-19(18)21)16-11-13-17(14-12-16)23-6-3/h7-14,20-21H,4-6,15H2,1-3H3. The fourth-order valence-electron chi connectivity index (χ4n) is 3.90. The van der Waals surface area contributed by atoms with Crippen molar-refractivity contribution in [2.75, 3.05) is 19.7 Å². The molecule has 0 saturated carbocycles. The van der Waals surface area contributed by atoms with Crippen LogP contribution in [0.5, 0.6) is 5.75 Å². The second-order valence-corrected chi connectivity index (χ2v) is 6.16. The molecule has 0 spiro atoms. The lowest BCUT2D eigenvalue weighted by Gasteiger charge is -2.27. The molecule has 0 saturated heterocycles. The molecule has 0 aliphatic heterocycles. The smallest absolute Gasteiger partial charge is 0.119 e. The van der Waals surface area contributed by atoms with Gasteiger partial charge in [0.15, 0.2) is 0 Å². The van der Waals surface area contributed by atoms with Crippen LogP contribution in [0.1, 0.15) is 55.8 Å². The molecule has 2 nitrogen and oxygen atoms in total. The highest BCUT2D eigenvalue weighted by molar-refractivity contribution is 5.45. The van der Waals surface area contributed by atoms with Gasteiger partial charge in [0.2, 0.25) is 0 Å². The molecule has 3 rings (SSSR count). The Labute approximate surface area is 140 Å². The summed E-state index contributed by atoms with van der Waals surface area (Å²) in [6.45, 7) is 9.47. The van der Waals surface area contributed by atoms with Crippen LogP contribution in [0.3, 0.4) is 0 Å². The third kappa shape index (κ3) is 3.13.